The molecule has 1 aliphatic heterocycles. The zero-order valence-corrected chi connectivity index (χ0v) is 15.6. The molecule has 7 heteroatoms. The monoisotopic (exact) mass is 374 g/mol. The lowest BCUT2D eigenvalue weighted by molar-refractivity contribution is 0.0735. The molecular formula is C19H22N2O4S. The van der Waals surface area contributed by atoms with E-state index >= 15 is 0 Å². The lowest BCUT2D eigenvalue weighted by Gasteiger charge is -2.25. The van der Waals surface area contributed by atoms with Crippen molar-refractivity contribution in [3.05, 3.63) is 59.7 Å². The third-order valence-electron chi connectivity index (χ3n) is 4.45. The van der Waals surface area contributed by atoms with Gasteiger partial charge in [-0.15, -0.1) is 0 Å². The fourth-order valence-corrected chi connectivity index (χ4v) is 3.81. The van der Waals surface area contributed by atoms with Crippen molar-refractivity contribution in [2.24, 2.45) is 0 Å². The standard InChI is InChI=1S/C19H22N2O4S/c1-25-17-11-7-14(8-12-17)18-4-3-13-21(18)19(22)15-5-9-16(10-6-15)20-26(2,23)24/h5-12,18,20H,3-4,13H2,1-2H3. The van der Waals surface area contributed by atoms with Crippen molar-refractivity contribution in [1.82, 2.24) is 4.90 Å². The van der Waals surface area contributed by atoms with Gasteiger partial charge in [0.05, 0.1) is 19.4 Å². The van der Waals surface area contributed by atoms with Crippen LogP contribution in [-0.2, 0) is 10.0 Å². The smallest absolute Gasteiger partial charge is 0.254 e. The molecule has 0 aromatic heterocycles. The molecule has 6 nitrogen and oxygen atoms in total. The van der Waals surface area contributed by atoms with Crippen LogP contribution in [-0.4, -0.2) is 39.1 Å². The molecule has 1 atom stereocenters. The van der Waals surface area contributed by atoms with Crippen LogP contribution in [0.15, 0.2) is 48.5 Å². The lowest BCUT2D eigenvalue weighted by atomic mass is 10.0. The van der Waals surface area contributed by atoms with Gasteiger partial charge >= 0.3 is 0 Å². The maximum atomic E-state index is 12.9. The van der Waals surface area contributed by atoms with E-state index in [1.54, 1.807) is 31.4 Å². The second kappa shape index (κ2) is 7.37. The number of ether oxygens (including phenoxy) is 1. The first-order chi connectivity index (χ1) is 12.4. The maximum absolute atomic E-state index is 12.9. The highest BCUT2D eigenvalue weighted by atomic mass is 32.2. The third kappa shape index (κ3) is 4.16. The lowest BCUT2D eigenvalue weighted by Crippen LogP contribution is -2.30. The third-order valence-corrected chi connectivity index (χ3v) is 5.06. The predicted octanol–water partition coefficient (Wildman–Crippen LogP) is 3.04. The number of rotatable bonds is 5. The summed E-state index contributed by atoms with van der Waals surface area (Å²) in [5.41, 5.74) is 2.08. The number of amides is 1. The summed E-state index contributed by atoms with van der Waals surface area (Å²) in [4.78, 5) is 14.8. The molecule has 0 saturated carbocycles. The average Bonchev–Trinajstić information content (AvgIpc) is 3.10. The van der Waals surface area contributed by atoms with Gasteiger partial charge in [-0.05, 0) is 54.8 Å². The number of benzene rings is 2. The van der Waals surface area contributed by atoms with Gasteiger partial charge in [0.25, 0.3) is 5.91 Å². The van der Waals surface area contributed by atoms with Gasteiger partial charge in [0.15, 0.2) is 0 Å². The van der Waals surface area contributed by atoms with Gasteiger partial charge < -0.3 is 9.64 Å². The summed E-state index contributed by atoms with van der Waals surface area (Å²) in [5, 5.41) is 0. The summed E-state index contributed by atoms with van der Waals surface area (Å²) < 4.78 is 30.1. The number of sulfonamides is 1. The largest absolute Gasteiger partial charge is 0.497 e. The number of carbonyl (C=O) groups is 1. The molecule has 0 bridgehead atoms. The maximum Gasteiger partial charge on any atom is 0.254 e. The molecule has 1 aliphatic rings. The van der Waals surface area contributed by atoms with Gasteiger partial charge in [0.2, 0.25) is 10.0 Å². The number of likely N-dealkylation sites (tertiary alicyclic amines) is 1. The second-order valence-electron chi connectivity index (χ2n) is 6.38. The van der Waals surface area contributed by atoms with Gasteiger partial charge in [0.1, 0.15) is 5.75 Å². The molecule has 1 amide bonds. The van der Waals surface area contributed by atoms with Crippen LogP contribution in [0.25, 0.3) is 0 Å². The molecule has 2 aromatic rings. The van der Waals surface area contributed by atoms with E-state index in [0.717, 1.165) is 30.4 Å². The average molecular weight is 374 g/mol. The fourth-order valence-electron chi connectivity index (χ4n) is 3.24. The summed E-state index contributed by atoms with van der Waals surface area (Å²) in [6.45, 7) is 0.707. The zero-order chi connectivity index (χ0) is 18.7. The van der Waals surface area contributed by atoms with E-state index in [1.165, 1.54) is 0 Å². The molecule has 1 saturated heterocycles. The molecule has 138 valence electrons. The van der Waals surface area contributed by atoms with E-state index in [-0.39, 0.29) is 11.9 Å². The Morgan fingerprint density at radius 2 is 1.77 bits per heavy atom. The Balaban J connectivity index is 1.77. The summed E-state index contributed by atoms with van der Waals surface area (Å²) in [6, 6.07) is 14.4. The molecule has 26 heavy (non-hydrogen) atoms. The van der Waals surface area contributed by atoms with Gasteiger partial charge in [-0.1, -0.05) is 12.1 Å². The Labute approximate surface area is 153 Å². The Morgan fingerprint density at radius 3 is 2.35 bits per heavy atom. The van der Waals surface area contributed by atoms with Crippen molar-refractivity contribution in [1.29, 1.82) is 0 Å². The van der Waals surface area contributed by atoms with Crippen molar-refractivity contribution in [2.75, 3.05) is 24.6 Å². The van der Waals surface area contributed by atoms with Gasteiger partial charge in [0, 0.05) is 17.8 Å². The molecule has 1 N–H and O–H groups in total. The van der Waals surface area contributed by atoms with Crippen molar-refractivity contribution in [2.45, 2.75) is 18.9 Å². The molecule has 0 aliphatic carbocycles. The van der Waals surface area contributed by atoms with Gasteiger partial charge in [-0.25, -0.2) is 8.42 Å². The fraction of sp³-hybridized carbons (Fsp3) is 0.316. The number of methoxy groups -OCH3 is 1. The summed E-state index contributed by atoms with van der Waals surface area (Å²) in [6.07, 6.45) is 2.97. The number of hydrogen-bond donors (Lipinski definition) is 1. The van der Waals surface area contributed by atoms with E-state index in [4.69, 9.17) is 4.74 Å². The van der Waals surface area contributed by atoms with Gasteiger partial charge in [-0.3, -0.25) is 9.52 Å². The first-order valence-corrected chi connectivity index (χ1v) is 10.3. The highest BCUT2D eigenvalue weighted by Gasteiger charge is 2.30. The van der Waals surface area contributed by atoms with Crippen LogP contribution >= 0.6 is 0 Å². The van der Waals surface area contributed by atoms with Crippen molar-refractivity contribution in [3.8, 4) is 5.75 Å². The SMILES string of the molecule is COc1ccc(C2CCCN2C(=O)c2ccc(NS(C)(=O)=O)cc2)cc1. The zero-order valence-electron chi connectivity index (χ0n) is 14.8. The first kappa shape index (κ1) is 18.3. The predicted molar refractivity (Wildman–Crippen MR) is 101 cm³/mol. The van der Waals surface area contributed by atoms with E-state index in [9.17, 15) is 13.2 Å². The minimum Gasteiger partial charge on any atom is -0.497 e. The van der Waals surface area contributed by atoms with Crippen LogP contribution in [0, 0.1) is 0 Å². The van der Waals surface area contributed by atoms with E-state index < -0.39 is 10.0 Å². The van der Waals surface area contributed by atoms with Crippen LogP contribution in [0.5, 0.6) is 5.75 Å². The highest BCUT2D eigenvalue weighted by Crippen LogP contribution is 2.34. The number of carbonyl (C=O) groups excluding carboxylic acids is 1. The van der Waals surface area contributed by atoms with Crippen molar-refractivity contribution in [3.63, 3.8) is 0 Å². The molecule has 3 rings (SSSR count). The molecule has 0 spiro atoms. The van der Waals surface area contributed by atoms with Crippen LogP contribution in [0.2, 0.25) is 0 Å². The van der Waals surface area contributed by atoms with Crippen LogP contribution in [0.3, 0.4) is 0 Å². The van der Waals surface area contributed by atoms with Crippen LogP contribution < -0.4 is 9.46 Å². The Morgan fingerprint density at radius 1 is 1.12 bits per heavy atom. The quantitative estimate of drug-likeness (QED) is 0.873. The van der Waals surface area contributed by atoms with Gasteiger partial charge in [-0.2, -0.15) is 0 Å². The molecule has 1 heterocycles. The minimum absolute atomic E-state index is 0.0437. The molecule has 1 unspecified atom stereocenters. The molecular weight excluding hydrogens is 352 g/mol. The summed E-state index contributed by atoms with van der Waals surface area (Å²) in [7, 11) is -1.70. The van der Waals surface area contributed by atoms with E-state index in [2.05, 4.69) is 4.72 Å². The minimum atomic E-state index is -3.33. The first-order valence-electron chi connectivity index (χ1n) is 8.40. The van der Waals surface area contributed by atoms with E-state index in [0.29, 0.717) is 17.8 Å². The Hall–Kier alpha value is -2.54. The van der Waals surface area contributed by atoms with Crippen molar-refractivity contribution < 1.29 is 17.9 Å². The second-order valence-corrected chi connectivity index (χ2v) is 8.13. The molecule has 0 radical (unpaired) electrons. The number of anilines is 1. The summed E-state index contributed by atoms with van der Waals surface area (Å²) in [5.74, 6) is 0.743. The Bertz CT molecular complexity index is 877. The van der Waals surface area contributed by atoms with E-state index in [1.807, 2.05) is 29.2 Å². The number of nitrogens with zero attached hydrogens (tertiary/aromatic N) is 1. The molecule has 1 fully saturated rings. The normalized spacial score (nSPS) is 17.2. The summed E-state index contributed by atoms with van der Waals surface area (Å²) >= 11 is 0. The topological polar surface area (TPSA) is 75.7 Å². The Kier molecular flexibility index (Phi) is 5.18. The van der Waals surface area contributed by atoms with Crippen LogP contribution in [0.1, 0.15) is 34.8 Å². The number of nitrogens with one attached hydrogen (secondary N) is 1. The molecule has 2 aromatic carbocycles. The number of hydrogen-bond acceptors (Lipinski definition) is 4. The van der Waals surface area contributed by atoms with Crippen molar-refractivity contribution >= 4 is 21.6 Å². The van der Waals surface area contributed by atoms with Crippen LogP contribution in [0.4, 0.5) is 5.69 Å². The highest BCUT2D eigenvalue weighted by molar-refractivity contribution is 7.92.